The number of hydrogen-bond acceptors (Lipinski definition) is 2. The van der Waals surface area contributed by atoms with Crippen LogP contribution >= 0.6 is 12.6 Å². The van der Waals surface area contributed by atoms with Crippen LogP contribution in [0.25, 0.3) is 0 Å². The Labute approximate surface area is 67.1 Å². The summed E-state index contributed by atoms with van der Waals surface area (Å²) in [5, 5.41) is 2.70. The van der Waals surface area contributed by atoms with Crippen LogP contribution in [0.2, 0.25) is 0 Å². The summed E-state index contributed by atoms with van der Waals surface area (Å²) in [7, 11) is 0. The number of carbonyl (C=O) groups excluding carboxylic acids is 1. The van der Waals surface area contributed by atoms with Gasteiger partial charge in [-0.1, -0.05) is 6.08 Å². The first-order chi connectivity index (χ1) is 4.72. The summed E-state index contributed by atoms with van der Waals surface area (Å²) in [6, 6.07) is 0. The lowest BCUT2D eigenvalue weighted by Crippen LogP contribution is -2.25. The third-order valence-electron chi connectivity index (χ3n) is 1.19. The summed E-state index contributed by atoms with van der Waals surface area (Å²) in [6.07, 6.45) is 1.79. The highest BCUT2D eigenvalue weighted by molar-refractivity contribution is 7.80. The number of nitrogens with one attached hydrogen (secondary N) is 1. The van der Waals surface area contributed by atoms with E-state index in [9.17, 15) is 4.79 Å². The summed E-state index contributed by atoms with van der Waals surface area (Å²) in [5.74, 6) is 0.680. The lowest BCUT2D eigenvalue weighted by atomic mass is 10.3. The number of rotatable bonds is 3. The van der Waals surface area contributed by atoms with E-state index in [1.54, 1.807) is 13.0 Å². The van der Waals surface area contributed by atoms with E-state index in [4.69, 9.17) is 0 Å². The fraction of sp³-hybridized carbons (Fsp3) is 0.571. The molecule has 10 heavy (non-hydrogen) atoms. The number of hydrogen-bond donors (Lipinski definition) is 2. The fourth-order valence-corrected chi connectivity index (χ4v) is 0.552. The summed E-state index contributed by atoms with van der Waals surface area (Å²) in [6.45, 7) is 4.26. The minimum atomic E-state index is -0.00319. The van der Waals surface area contributed by atoms with Crippen LogP contribution in [0.1, 0.15) is 13.8 Å². The summed E-state index contributed by atoms with van der Waals surface area (Å²) < 4.78 is 0. The largest absolute Gasteiger partial charge is 0.352 e. The SMILES string of the molecule is C/C=C(\C)C(=O)NCCS. The molecule has 1 N–H and O–H groups in total. The number of carbonyl (C=O) groups is 1. The van der Waals surface area contributed by atoms with Crippen molar-refractivity contribution in [2.75, 3.05) is 12.3 Å². The van der Waals surface area contributed by atoms with Gasteiger partial charge in [-0.05, 0) is 13.8 Å². The predicted molar refractivity (Wildman–Crippen MR) is 46.3 cm³/mol. The van der Waals surface area contributed by atoms with Gasteiger partial charge in [-0.25, -0.2) is 0 Å². The van der Waals surface area contributed by atoms with E-state index in [0.29, 0.717) is 12.3 Å². The molecular weight excluding hydrogens is 146 g/mol. The maximum absolute atomic E-state index is 10.9. The van der Waals surface area contributed by atoms with E-state index in [-0.39, 0.29) is 5.91 Å². The molecule has 1 amide bonds. The average molecular weight is 159 g/mol. The topological polar surface area (TPSA) is 29.1 Å². The Morgan fingerprint density at radius 3 is 2.70 bits per heavy atom. The van der Waals surface area contributed by atoms with Gasteiger partial charge in [0.05, 0.1) is 0 Å². The standard InChI is InChI=1S/C7H13NOS/c1-3-6(2)7(9)8-4-5-10/h3,10H,4-5H2,1-2H3,(H,8,9)/b6-3+. The first kappa shape index (κ1) is 9.56. The van der Waals surface area contributed by atoms with Gasteiger partial charge < -0.3 is 5.32 Å². The molecule has 0 aliphatic rings. The third-order valence-corrected chi connectivity index (χ3v) is 1.41. The molecule has 58 valence electrons. The lowest BCUT2D eigenvalue weighted by molar-refractivity contribution is -0.117. The molecule has 0 heterocycles. The lowest BCUT2D eigenvalue weighted by Gasteiger charge is -2.00. The molecule has 2 nitrogen and oxygen atoms in total. The van der Waals surface area contributed by atoms with Crippen molar-refractivity contribution in [2.45, 2.75) is 13.8 Å². The van der Waals surface area contributed by atoms with Crippen LogP contribution in [-0.4, -0.2) is 18.2 Å². The molecule has 0 aromatic heterocycles. The van der Waals surface area contributed by atoms with Crippen LogP contribution in [0.4, 0.5) is 0 Å². The van der Waals surface area contributed by atoms with Crippen LogP contribution in [0.5, 0.6) is 0 Å². The van der Waals surface area contributed by atoms with E-state index in [1.807, 2.05) is 6.92 Å². The van der Waals surface area contributed by atoms with Gasteiger partial charge in [0.15, 0.2) is 0 Å². The summed E-state index contributed by atoms with van der Waals surface area (Å²) in [5.41, 5.74) is 0.752. The quantitative estimate of drug-likeness (QED) is 0.467. The van der Waals surface area contributed by atoms with Crippen molar-refractivity contribution < 1.29 is 4.79 Å². The molecular formula is C7H13NOS. The van der Waals surface area contributed by atoms with E-state index >= 15 is 0 Å². The van der Waals surface area contributed by atoms with E-state index in [1.165, 1.54) is 0 Å². The molecule has 0 aliphatic heterocycles. The van der Waals surface area contributed by atoms with Gasteiger partial charge in [-0.2, -0.15) is 12.6 Å². The van der Waals surface area contributed by atoms with Crippen LogP contribution < -0.4 is 5.32 Å². The Morgan fingerprint density at radius 2 is 2.30 bits per heavy atom. The van der Waals surface area contributed by atoms with Crippen molar-refractivity contribution >= 4 is 18.5 Å². The molecule has 0 fully saturated rings. The average Bonchev–Trinajstić information content (AvgIpc) is 1.98. The molecule has 0 rings (SSSR count). The second kappa shape index (κ2) is 5.35. The normalized spacial score (nSPS) is 11.3. The molecule has 0 bridgehead atoms. The highest BCUT2D eigenvalue weighted by Crippen LogP contribution is 1.89. The molecule has 0 aromatic carbocycles. The zero-order valence-corrected chi connectivity index (χ0v) is 7.24. The predicted octanol–water partition coefficient (Wildman–Crippen LogP) is 0.999. The van der Waals surface area contributed by atoms with Gasteiger partial charge >= 0.3 is 0 Å². The minimum Gasteiger partial charge on any atom is -0.352 e. The minimum absolute atomic E-state index is 0.00319. The molecule has 0 atom stereocenters. The zero-order valence-electron chi connectivity index (χ0n) is 6.35. The van der Waals surface area contributed by atoms with E-state index in [2.05, 4.69) is 17.9 Å². The van der Waals surface area contributed by atoms with Crippen molar-refractivity contribution in [2.24, 2.45) is 0 Å². The van der Waals surface area contributed by atoms with Crippen molar-refractivity contribution in [3.05, 3.63) is 11.6 Å². The number of thiol groups is 1. The smallest absolute Gasteiger partial charge is 0.246 e. The fourth-order valence-electron chi connectivity index (χ4n) is 0.440. The Kier molecular flexibility index (Phi) is 5.12. The van der Waals surface area contributed by atoms with Gasteiger partial charge in [0.25, 0.3) is 0 Å². The number of amides is 1. The van der Waals surface area contributed by atoms with Gasteiger partial charge in [-0.3, -0.25) is 4.79 Å². The second-order valence-corrected chi connectivity index (χ2v) is 2.40. The Morgan fingerprint density at radius 1 is 1.70 bits per heavy atom. The Balaban J connectivity index is 3.63. The van der Waals surface area contributed by atoms with Gasteiger partial charge in [0.1, 0.15) is 0 Å². The summed E-state index contributed by atoms with van der Waals surface area (Å²) in [4.78, 5) is 10.9. The van der Waals surface area contributed by atoms with E-state index in [0.717, 1.165) is 5.57 Å². The van der Waals surface area contributed by atoms with E-state index < -0.39 is 0 Å². The maximum atomic E-state index is 10.9. The van der Waals surface area contributed by atoms with Crippen LogP contribution in [-0.2, 0) is 4.79 Å². The molecule has 0 saturated heterocycles. The van der Waals surface area contributed by atoms with Crippen molar-refractivity contribution in [1.29, 1.82) is 0 Å². The van der Waals surface area contributed by atoms with Gasteiger partial charge in [0.2, 0.25) is 5.91 Å². The van der Waals surface area contributed by atoms with Crippen LogP contribution in [0.15, 0.2) is 11.6 Å². The van der Waals surface area contributed by atoms with Crippen LogP contribution in [0, 0.1) is 0 Å². The molecule has 0 aromatic rings. The highest BCUT2D eigenvalue weighted by atomic mass is 32.1. The first-order valence-electron chi connectivity index (χ1n) is 3.24. The van der Waals surface area contributed by atoms with Crippen molar-refractivity contribution in [1.82, 2.24) is 5.32 Å². The first-order valence-corrected chi connectivity index (χ1v) is 3.87. The Bertz CT molecular complexity index is 143. The Hall–Kier alpha value is -0.440. The maximum Gasteiger partial charge on any atom is 0.246 e. The molecule has 0 saturated carbocycles. The highest BCUT2D eigenvalue weighted by Gasteiger charge is 1.98. The third kappa shape index (κ3) is 3.56. The molecule has 0 spiro atoms. The monoisotopic (exact) mass is 159 g/mol. The van der Waals surface area contributed by atoms with Crippen molar-refractivity contribution in [3.8, 4) is 0 Å². The molecule has 3 heteroatoms. The van der Waals surface area contributed by atoms with Crippen LogP contribution in [0.3, 0.4) is 0 Å². The molecule has 0 unspecified atom stereocenters. The number of allylic oxidation sites excluding steroid dienone is 1. The molecule has 0 aliphatic carbocycles. The zero-order chi connectivity index (χ0) is 7.98. The van der Waals surface area contributed by atoms with Gasteiger partial charge in [-0.15, -0.1) is 0 Å². The summed E-state index contributed by atoms with van der Waals surface area (Å²) >= 11 is 3.96. The molecule has 0 radical (unpaired) electrons. The van der Waals surface area contributed by atoms with Crippen molar-refractivity contribution in [3.63, 3.8) is 0 Å². The second-order valence-electron chi connectivity index (χ2n) is 1.95. The van der Waals surface area contributed by atoms with Gasteiger partial charge in [0, 0.05) is 17.9 Å².